The molecule has 2 nitrogen and oxygen atoms in total. The Morgan fingerprint density at radius 3 is 3.07 bits per heavy atom. The van der Waals surface area contributed by atoms with Crippen LogP contribution in [-0.4, -0.2) is 11.1 Å². The van der Waals surface area contributed by atoms with E-state index in [-0.39, 0.29) is 10.8 Å². The molecule has 0 aliphatic carbocycles. The second-order valence-electron chi connectivity index (χ2n) is 3.79. The van der Waals surface area contributed by atoms with E-state index in [1.807, 2.05) is 6.07 Å². The lowest BCUT2D eigenvalue weighted by atomic mass is 10.2. The molecule has 78 valence electrons. The number of nitrogens with one attached hydrogen (secondary N) is 1. The number of fused-ring (bicyclic) bond motifs is 3. The van der Waals surface area contributed by atoms with Crippen molar-refractivity contribution in [3.05, 3.63) is 34.7 Å². The van der Waals surface area contributed by atoms with E-state index in [2.05, 4.69) is 9.88 Å². The molecule has 0 amide bonds. The van der Waals surface area contributed by atoms with Crippen molar-refractivity contribution in [3.8, 4) is 0 Å². The summed E-state index contributed by atoms with van der Waals surface area (Å²) in [5.74, 6) is -0.347. The van der Waals surface area contributed by atoms with Gasteiger partial charge in [-0.3, -0.25) is 0 Å². The second kappa shape index (κ2) is 3.22. The van der Waals surface area contributed by atoms with Crippen molar-refractivity contribution in [2.24, 2.45) is 0 Å². The van der Waals surface area contributed by atoms with E-state index in [9.17, 15) is 4.39 Å². The smallest absolute Gasteiger partial charge is 0.142 e. The largest absolute Gasteiger partial charge is 0.342 e. The fraction of sp³-hybridized carbons (Fsp3) is 0.273. The van der Waals surface area contributed by atoms with Crippen molar-refractivity contribution in [1.29, 1.82) is 0 Å². The Balaban J connectivity index is 2.33. The van der Waals surface area contributed by atoms with Gasteiger partial charge in [0, 0.05) is 36.2 Å². The molecular formula is C11H10ClFN2. The highest BCUT2D eigenvalue weighted by Gasteiger charge is 2.14. The molecule has 0 saturated heterocycles. The van der Waals surface area contributed by atoms with Crippen molar-refractivity contribution in [2.75, 3.05) is 6.54 Å². The van der Waals surface area contributed by atoms with Crippen molar-refractivity contribution >= 4 is 22.5 Å². The highest BCUT2D eigenvalue weighted by Crippen LogP contribution is 2.26. The molecule has 1 aliphatic heterocycles. The first-order valence-electron chi connectivity index (χ1n) is 4.93. The van der Waals surface area contributed by atoms with Crippen molar-refractivity contribution in [1.82, 2.24) is 9.88 Å². The quantitative estimate of drug-likeness (QED) is 0.728. The fourth-order valence-corrected chi connectivity index (χ4v) is 2.29. The maximum Gasteiger partial charge on any atom is 0.142 e. The predicted octanol–water partition coefficient (Wildman–Crippen LogP) is 2.54. The Morgan fingerprint density at radius 1 is 1.33 bits per heavy atom. The first kappa shape index (κ1) is 9.19. The van der Waals surface area contributed by atoms with Gasteiger partial charge in [-0.2, -0.15) is 0 Å². The number of nitrogens with zero attached hydrogens (tertiary/aromatic N) is 1. The lowest BCUT2D eigenvalue weighted by Gasteiger charge is -2.17. The van der Waals surface area contributed by atoms with Crippen molar-refractivity contribution in [3.63, 3.8) is 0 Å². The molecule has 4 heteroatoms. The molecule has 0 bridgehead atoms. The van der Waals surface area contributed by atoms with Gasteiger partial charge in [-0.25, -0.2) is 4.39 Å². The standard InChI is InChI=1S/C11H10ClFN2/c12-9-5-11-7(4-10(9)13)3-8-6-14-1-2-15(8)11/h3-5,14H,1-2,6H2. The number of hydrogen-bond donors (Lipinski definition) is 1. The van der Waals surface area contributed by atoms with Gasteiger partial charge in [-0.1, -0.05) is 11.6 Å². The van der Waals surface area contributed by atoms with Crippen LogP contribution in [0.3, 0.4) is 0 Å². The van der Waals surface area contributed by atoms with E-state index in [1.54, 1.807) is 6.07 Å². The lowest BCUT2D eigenvalue weighted by molar-refractivity contribution is 0.527. The van der Waals surface area contributed by atoms with Crippen LogP contribution in [0.1, 0.15) is 5.69 Å². The van der Waals surface area contributed by atoms with Gasteiger partial charge >= 0.3 is 0 Å². The number of halogens is 2. The van der Waals surface area contributed by atoms with Gasteiger partial charge in [0.2, 0.25) is 0 Å². The Bertz CT molecular complexity index is 533. The molecule has 0 saturated carbocycles. The SMILES string of the molecule is Fc1cc2cc3n(c2cc1Cl)CCNC3. The zero-order valence-electron chi connectivity index (χ0n) is 8.06. The van der Waals surface area contributed by atoms with E-state index >= 15 is 0 Å². The summed E-state index contributed by atoms with van der Waals surface area (Å²) in [6, 6.07) is 5.23. The molecule has 2 heterocycles. The highest BCUT2D eigenvalue weighted by molar-refractivity contribution is 6.31. The summed E-state index contributed by atoms with van der Waals surface area (Å²) >= 11 is 5.78. The molecule has 0 atom stereocenters. The molecule has 1 aliphatic rings. The molecule has 1 aromatic heterocycles. The summed E-state index contributed by atoms with van der Waals surface area (Å²) in [6.45, 7) is 2.71. The third kappa shape index (κ3) is 1.34. The summed E-state index contributed by atoms with van der Waals surface area (Å²) in [6.07, 6.45) is 0. The Morgan fingerprint density at radius 2 is 2.20 bits per heavy atom. The van der Waals surface area contributed by atoms with Crippen LogP contribution < -0.4 is 5.32 Å². The Labute approximate surface area is 91.6 Å². The van der Waals surface area contributed by atoms with Crippen LogP contribution in [-0.2, 0) is 13.1 Å². The van der Waals surface area contributed by atoms with Gasteiger partial charge in [0.15, 0.2) is 0 Å². The van der Waals surface area contributed by atoms with Crippen molar-refractivity contribution in [2.45, 2.75) is 13.1 Å². The maximum atomic E-state index is 13.3. The molecular weight excluding hydrogens is 215 g/mol. The number of rotatable bonds is 0. The van der Waals surface area contributed by atoms with E-state index in [4.69, 9.17) is 11.6 Å². The van der Waals surface area contributed by atoms with Gasteiger partial charge in [-0.15, -0.1) is 0 Å². The van der Waals surface area contributed by atoms with Crippen LogP contribution in [0.15, 0.2) is 18.2 Å². The van der Waals surface area contributed by atoms with Gasteiger partial charge in [0.1, 0.15) is 5.82 Å². The maximum absolute atomic E-state index is 13.3. The van der Waals surface area contributed by atoms with Crippen LogP contribution in [0.25, 0.3) is 10.9 Å². The fourth-order valence-electron chi connectivity index (χ4n) is 2.13. The van der Waals surface area contributed by atoms with Crippen LogP contribution in [0.4, 0.5) is 4.39 Å². The summed E-state index contributed by atoms with van der Waals surface area (Å²) in [7, 11) is 0. The minimum absolute atomic E-state index is 0.196. The Kier molecular flexibility index (Phi) is 1.97. The molecule has 1 N–H and O–H groups in total. The van der Waals surface area contributed by atoms with Crippen molar-refractivity contribution < 1.29 is 4.39 Å². The van der Waals surface area contributed by atoms with Gasteiger partial charge < -0.3 is 9.88 Å². The van der Waals surface area contributed by atoms with Gasteiger partial charge in [0.25, 0.3) is 0 Å². The number of benzene rings is 1. The third-order valence-electron chi connectivity index (χ3n) is 2.85. The van der Waals surface area contributed by atoms with E-state index in [0.717, 1.165) is 30.5 Å². The topological polar surface area (TPSA) is 17.0 Å². The predicted molar refractivity (Wildman–Crippen MR) is 58.6 cm³/mol. The monoisotopic (exact) mass is 224 g/mol. The normalized spacial score (nSPS) is 15.6. The first-order chi connectivity index (χ1) is 7.25. The van der Waals surface area contributed by atoms with E-state index < -0.39 is 0 Å². The summed E-state index contributed by atoms with van der Waals surface area (Å²) in [4.78, 5) is 0. The Hall–Kier alpha value is -1.06. The molecule has 0 unspecified atom stereocenters. The van der Waals surface area contributed by atoms with Gasteiger partial charge in [0.05, 0.1) is 5.02 Å². The molecule has 1 aromatic carbocycles. The second-order valence-corrected chi connectivity index (χ2v) is 4.20. The molecule has 0 radical (unpaired) electrons. The molecule has 0 fully saturated rings. The molecule has 15 heavy (non-hydrogen) atoms. The zero-order chi connectivity index (χ0) is 10.4. The highest BCUT2D eigenvalue weighted by atomic mass is 35.5. The lowest BCUT2D eigenvalue weighted by Crippen LogP contribution is -2.27. The van der Waals surface area contributed by atoms with Crippen LogP contribution >= 0.6 is 11.6 Å². The van der Waals surface area contributed by atoms with Crippen LogP contribution in [0.2, 0.25) is 5.02 Å². The van der Waals surface area contributed by atoms with Crippen LogP contribution in [0, 0.1) is 5.82 Å². The minimum atomic E-state index is -0.347. The zero-order valence-corrected chi connectivity index (χ0v) is 8.81. The average molecular weight is 225 g/mol. The number of aromatic nitrogens is 1. The van der Waals surface area contributed by atoms with E-state index in [1.165, 1.54) is 11.8 Å². The molecule has 0 spiro atoms. The van der Waals surface area contributed by atoms with E-state index in [0.29, 0.717) is 0 Å². The molecule has 2 aromatic rings. The first-order valence-corrected chi connectivity index (χ1v) is 5.31. The summed E-state index contributed by atoms with van der Waals surface area (Å²) in [5, 5.41) is 4.41. The van der Waals surface area contributed by atoms with Crippen LogP contribution in [0.5, 0.6) is 0 Å². The van der Waals surface area contributed by atoms with Gasteiger partial charge in [-0.05, 0) is 18.2 Å². The average Bonchev–Trinajstić information content (AvgIpc) is 2.57. The third-order valence-corrected chi connectivity index (χ3v) is 3.14. The number of hydrogen-bond acceptors (Lipinski definition) is 1. The minimum Gasteiger partial charge on any atom is -0.342 e. The molecule has 3 rings (SSSR count). The summed E-state index contributed by atoms with van der Waals surface area (Å²) < 4.78 is 15.4. The summed E-state index contributed by atoms with van der Waals surface area (Å²) in [5.41, 5.74) is 2.22.